The van der Waals surface area contributed by atoms with E-state index in [0.29, 0.717) is 12.6 Å². The van der Waals surface area contributed by atoms with Crippen molar-refractivity contribution in [3.8, 4) is 0 Å². The van der Waals surface area contributed by atoms with Gasteiger partial charge in [-0.15, -0.1) is 0 Å². The fourth-order valence-electron chi connectivity index (χ4n) is 2.34. The van der Waals surface area contributed by atoms with E-state index in [2.05, 4.69) is 19.2 Å². The third kappa shape index (κ3) is 2.46. The van der Waals surface area contributed by atoms with E-state index in [9.17, 15) is 0 Å². The second-order valence-electron chi connectivity index (χ2n) is 4.26. The highest BCUT2D eigenvalue weighted by Gasteiger charge is 2.32. The second-order valence-corrected chi connectivity index (χ2v) is 4.26. The van der Waals surface area contributed by atoms with Crippen LogP contribution < -0.4 is 5.32 Å². The lowest BCUT2D eigenvalue weighted by molar-refractivity contribution is 0.202. The van der Waals surface area contributed by atoms with Crippen LogP contribution >= 0.6 is 0 Å². The van der Waals surface area contributed by atoms with Gasteiger partial charge in [-0.1, -0.05) is 26.7 Å². The lowest BCUT2D eigenvalue weighted by Gasteiger charge is -2.32. The van der Waals surface area contributed by atoms with Gasteiger partial charge < -0.3 is 10.4 Å². The van der Waals surface area contributed by atoms with E-state index >= 15 is 0 Å². The Bertz CT molecular complexity index is 128. The molecule has 0 aromatic rings. The summed E-state index contributed by atoms with van der Waals surface area (Å²) >= 11 is 0. The third-order valence-corrected chi connectivity index (χ3v) is 2.75. The zero-order chi connectivity index (χ0) is 9.03. The highest BCUT2D eigenvalue weighted by Crippen LogP contribution is 2.32. The SMILES string of the molecule is CC(C)NC1(CCO)CCCC1. The third-order valence-electron chi connectivity index (χ3n) is 2.75. The molecule has 0 aliphatic heterocycles. The Morgan fingerprint density at radius 2 is 1.92 bits per heavy atom. The minimum Gasteiger partial charge on any atom is -0.396 e. The second kappa shape index (κ2) is 4.24. The van der Waals surface area contributed by atoms with E-state index in [4.69, 9.17) is 5.11 Å². The molecule has 0 aromatic carbocycles. The summed E-state index contributed by atoms with van der Waals surface area (Å²) in [5.74, 6) is 0. The molecule has 72 valence electrons. The van der Waals surface area contributed by atoms with Gasteiger partial charge in [-0.25, -0.2) is 0 Å². The number of nitrogens with one attached hydrogen (secondary N) is 1. The molecule has 2 N–H and O–H groups in total. The van der Waals surface area contributed by atoms with Crippen LogP contribution in [0.5, 0.6) is 0 Å². The highest BCUT2D eigenvalue weighted by molar-refractivity contribution is 4.93. The molecule has 12 heavy (non-hydrogen) atoms. The molecule has 0 saturated heterocycles. The first-order valence-electron chi connectivity index (χ1n) is 5.07. The summed E-state index contributed by atoms with van der Waals surface area (Å²) in [6.45, 7) is 4.68. The largest absolute Gasteiger partial charge is 0.396 e. The first-order valence-corrected chi connectivity index (χ1v) is 5.07. The van der Waals surface area contributed by atoms with Crippen LogP contribution in [0.1, 0.15) is 46.0 Å². The van der Waals surface area contributed by atoms with Gasteiger partial charge in [0, 0.05) is 18.2 Å². The summed E-state index contributed by atoms with van der Waals surface area (Å²) in [6.07, 6.45) is 6.04. The quantitative estimate of drug-likeness (QED) is 0.674. The number of hydrogen-bond donors (Lipinski definition) is 2. The Morgan fingerprint density at radius 3 is 2.33 bits per heavy atom. The summed E-state index contributed by atoms with van der Waals surface area (Å²) in [7, 11) is 0. The molecule has 0 spiro atoms. The maximum absolute atomic E-state index is 8.96. The van der Waals surface area contributed by atoms with Crippen molar-refractivity contribution in [2.24, 2.45) is 0 Å². The summed E-state index contributed by atoms with van der Waals surface area (Å²) < 4.78 is 0. The summed E-state index contributed by atoms with van der Waals surface area (Å²) in [4.78, 5) is 0. The van der Waals surface area contributed by atoms with Crippen LogP contribution in [0.15, 0.2) is 0 Å². The molecule has 1 fully saturated rings. The van der Waals surface area contributed by atoms with Gasteiger partial charge in [0.05, 0.1) is 0 Å². The minimum atomic E-state index is 0.267. The van der Waals surface area contributed by atoms with Gasteiger partial charge in [-0.2, -0.15) is 0 Å². The predicted molar refractivity (Wildman–Crippen MR) is 51.2 cm³/mol. The standard InChI is InChI=1S/C10H21NO/c1-9(2)11-10(7-8-12)5-3-4-6-10/h9,11-12H,3-8H2,1-2H3. The summed E-state index contributed by atoms with van der Waals surface area (Å²) in [6, 6.07) is 0.537. The average molecular weight is 171 g/mol. The van der Waals surface area contributed by atoms with Crippen LogP contribution in [-0.2, 0) is 0 Å². The van der Waals surface area contributed by atoms with Crippen LogP contribution in [-0.4, -0.2) is 23.3 Å². The molecule has 2 heteroatoms. The van der Waals surface area contributed by atoms with Gasteiger partial charge in [0.2, 0.25) is 0 Å². The molecule has 1 aliphatic rings. The van der Waals surface area contributed by atoms with Crippen LogP contribution in [0, 0.1) is 0 Å². The fraction of sp³-hybridized carbons (Fsp3) is 1.00. The summed E-state index contributed by atoms with van der Waals surface area (Å²) in [5.41, 5.74) is 0.267. The van der Waals surface area contributed by atoms with Crippen LogP contribution in [0.25, 0.3) is 0 Å². The minimum absolute atomic E-state index is 0.267. The molecule has 0 bridgehead atoms. The average Bonchev–Trinajstić information content (AvgIpc) is 2.36. The lowest BCUT2D eigenvalue weighted by atomic mass is 9.93. The molecule has 1 aliphatic carbocycles. The molecule has 1 rings (SSSR count). The molecule has 0 aromatic heterocycles. The van der Waals surface area contributed by atoms with Crippen LogP contribution in [0.2, 0.25) is 0 Å². The van der Waals surface area contributed by atoms with Crippen molar-refractivity contribution < 1.29 is 5.11 Å². The molecule has 0 atom stereocenters. The van der Waals surface area contributed by atoms with Gasteiger partial charge in [0.15, 0.2) is 0 Å². The molecule has 0 heterocycles. The van der Waals surface area contributed by atoms with E-state index in [0.717, 1.165) is 6.42 Å². The molecule has 1 saturated carbocycles. The van der Waals surface area contributed by atoms with Gasteiger partial charge in [0.25, 0.3) is 0 Å². The molecular weight excluding hydrogens is 150 g/mol. The molecule has 0 amide bonds. The van der Waals surface area contributed by atoms with Gasteiger partial charge in [-0.3, -0.25) is 0 Å². The van der Waals surface area contributed by atoms with Gasteiger partial charge in [-0.05, 0) is 19.3 Å². The highest BCUT2D eigenvalue weighted by atomic mass is 16.3. The smallest absolute Gasteiger partial charge is 0.0448 e. The van der Waals surface area contributed by atoms with E-state index < -0.39 is 0 Å². The van der Waals surface area contributed by atoms with E-state index in [1.165, 1.54) is 25.7 Å². The molecule has 0 unspecified atom stereocenters. The van der Waals surface area contributed by atoms with Crippen molar-refractivity contribution in [1.82, 2.24) is 5.32 Å². The Balaban J connectivity index is 2.46. The maximum atomic E-state index is 8.96. The monoisotopic (exact) mass is 171 g/mol. The number of hydrogen-bond acceptors (Lipinski definition) is 2. The Morgan fingerprint density at radius 1 is 1.33 bits per heavy atom. The zero-order valence-electron chi connectivity index (χ0n) is 8.27. The van der Waals surface area contributed by atoms with Gasteiger partial charge in [0.1, 0.15) is 0 Å². The Hall–Kier alpha value is -0.0800. The Kier molecular flexibility index (Phi) is 3.53. The number of aliphatic hydroxyl groups excluding tert-OH is 1. The van der Waals surface area contributed by atoms with Crippen molar-refractivity contribution in [1.29, 1.82) is 0 Å². The van der Waals surface area contributed by atoms with E-state index in [1.54, 1.807) is 0 Å². The van der Waals surface area contributed by atoms with Crippen molar-refractivity contribution in [2.75, 3.05) is 6.61 Å². The molecule has 2 nitrogen and oxygen atoms in total. The van der Waals surface area contributed by atoms with E-state index in [1.807, 2.05) is 0 Å². The lowest BCUT2D eigenvalue weighted by Crippen LogP contribution is -2.47. The van der Waals surface area contributed by atoms with Crippen molar-refractivity contribution in [2.45, 2.75) is 57.5 Å². The van der Waals surface area contributed by atoms with Crippen molar-refractivity contribution in [3.05, 3.63) is 0 Å². The first-order chi connectivity index (χ1) is 5.68. The Labute approximate surface area is 75.4 Å². The molecular formula is C10H21NO. The molecule has 0 radical (unpaired) electrons. The van der Waals surface area contributed by atoms with Gasteiger partial charge >= 0.3 is 0 Å². The number of aliphatic hydroxyl groups is 1. The fourth-order valence-corrected chi connectivity index (χ4v) is 2.34. The normalized spacial score (nSPS) is 22.0. The van der Waals surface area contributed by atoms with Crippen molar-refractivity contribution in [3.63, 3.8) is 0 Å². The van der Waals surface area contributed by atoms with Crippen LogP contribution in [0.3, 0.4) is 0 Å². The zero-order valence-corrected chi connectivity index (χ0v) is 8.27. The first kappa shape index (κ1) is 10.0. The maximum Gasteiger partial charge on any atom is 0.0448 e. The van der Waals surface area contributed by atoms with E-state index in [-0.39, 0.29) is 5.54 Å². The predicted octanol–water partition coefficient (Wildman–Crippen LogP) is 1.68. The van der Waals surface area contributed by atoms with Crippen molar-refractivity contribution >= 4 is 0 Å². The topological polar surface area (TPSA) is 32.3 Å². The van der Waals surface area contributed by atoms with Crippen LogP contribution in [0.4, 0.5) is 0 Å². The number of rotatable bonds is 4. The summed E-state index contributed by atoms with van der Waals surface area (Å²) in [5, 5.41) is 12.6.